The summed E-state index contributed by atoms with van der Waals surface area (Å²) in [5, 5.41) is 0. The van der Waals surface area contributed by atoms with Gasteiger partial charge in [-0.1, -0.05) is 12.1 Å². The molecule has 1 unspecified atom stereocenters. The fourth-order valence-corrected chi connectivity index (χ4v) is 2.34. The molecule has 1 heterocycles. The van der Waals surface area contributed by atoms with E-state index in [1.807, 2.05) is 0 Å². The highest BCUT2D eigenvalue weighted by atomic mass is 16.5. The summed E-state index contributed by atoms with van der Waals surface area (Å²) in [5.74, 6) is 0. The van der Waals surface area contributed by atoms with E-state index < -0.39 is 0 Å². The molecule has 0 fully saturated rings. The Balaban J connectivity index is 2.03. The van der Waals surface area contributed by atoms with Crippen LogP contribution in [0.15, 0.2) is 12.1 Å². The van der Waals surface area contributed by atoms with Gasteiger partial charge in [0.05, 0.1) is 13.2 Å². The second-order valence-electron chi connectivity index (χ2n) is 4.91. The smallest absolute Gasteiger partial charge is 0.0727 e. The molecule has 0 amide bonds. The van der Waals surface area contributed by atoms with Crippen molar-refractivity contribution in [1.29, 1.82) is 0 Å². The zero-order valence-corrected chi connectivity index (χ0v) is 10.3. The molecule has 0 aliphatic carbocycles. The Hall–Kier alpha value is -0.860. The number of aryl methyl sites for hydroxylation is 2. The van der Waals surface area contributed by atoms with E-state index in [4.69, 9.17) is 10.5 Å². The number of hydrogen-bond donors (Lipinski definition) is 1. The SMILES string of the molecule is Cc1cc(CCCC(C)N)cc2c1COC2. The van der Waals surface area contributed by atoms with Crippen LogP contribution in [-0.4, -0.2) is 6.04 Å². The molecule has 1 aliphatic rings. The lowest BCUT2D eigenvalue weighted by Crippen LogP contribution is -2.14. The molecule has 2 nitrogen and oxygen atoms in total. The molecule has 16 heavy (non-hydrogen) atoms. The monoisotopic (exact) mass is 219 g/mol. The van der Waals surface area contributed by atoms with E-state index in [2.05, 4.69) is 26.0 Å². The number of hydrogen-bond acceptors (Lipinski definition) is 2. The summed E-state index contributed by atoms with van der Waals surface area (Å²) in [6, 6.07) is 4.92. The molecule has 0 saturated carbocycles. The third-order valence-electron chi connectivity index (χ3n) is 3.25. The van der Waals surface area contributed by atoms with Crippen molar-refractivity contribution in [3.8, 4) is 0 Å². The molecule has 1 aromatic rings. The maximum Gasteiger partial charge on any atom is 0.0727 e. The summed E-state index contributed by atoms with van der Waals surface area (Å²) in [4.78, 5) is 0. The molecule has 0 spiro atoms. The van der Waals surface area contributed by atoms with Crippen molar-refractivity contribution in [2.75, 3.05) is 0 Å². The van der Waals surface area contributed by atoms with Crippen molar-refractivity contribution in [2.45, 2.75) is 52.4 Å². The van der Waals surface area contributed by atoms with Crippen molar-refractivity contribution in [2.24, 2.45) is 5.73 Å². The Bertz CT molecular complexity index is 371. The van der Waals surface area contributed by atoms with E-state index in [0.29, 0.717) is 6.04 Å². The maximum absolute atomic E-state index is 5.76. The van der Waals surface area contributed by atoms with Gasteiger partial charge < -0.3 is 10.5 Å². The number of rotatable bonds is 4. The van der Waals surface area contributed by atoms with Crippen LogP contribution in [0, 0.1) is 6.92 Å². The number of ether oxygens (including phenoxy) is 1. The molecule has 2 heteroatoms. The normalized spacial score (nSPS) is 16.2. The van der Waals surface area contributed by atoms with E-state index in [-0.39, 0.29) is 0 Å². The zero-order valence-electron chi connectivity index (χ0n) is 10.3. The Morgan fingerprint density at radius 2 is 2.19 bits per heavy atom. The topological polar surface area (TPSA) is 35.2 Å². The molecular weight excluding hydrogens is 198 g/mol. The van der Waals surface area contributed by atoms with Gasteiger partial charge in [-0.05, 0) is 55.4 Å². The van der Waals surface area contributed by atoms with Gasteiger partial charge in [0.25, 0.3) is 0 Å². The van der Waals surface area contributed by atoms with E-state index in [1.54, 1.807) is 0 Å². The average molecular weight is 219 g/mol. The lowest BCUT2D eigenvalue weighted by Gasteiger charge is -2.08. The summed E-state index contributed by atoms with van der Waals surface area (Å²) in [6.07, 6.45) is 3.42. The molecule has 0 bridgehead atoms. The third-order valence-corrected chi connectivity index (χ3v) is 3.25. The Kier molecular flexibility index (Phi) is 3.62. The first kappa shape index (κ1) is 11.6. The highest BCUT2D eigenvalue weighted by Gasteiger charge is 2.14. The van der Waals surface area contributed by atoms with Crippen molar-refractivity contribution in [3.63, 3.8) is 0 Å². The highest BCUT2D eigenvalue weighted by Crippen LogP contribution is 2.25. The average Bonchev–Trinajstić information content (AvgIpc) is 2.65. The first-order valence-corrected chi connectivity index (χ1v) is 6.11. The van der Waals surface area contributed by atoms with Gasteiger partial charge in [0.15, 0.2) is 0 Å². The zero-order chi connectivity index (χ0) is 11.5. The predicted octanol–water partition coefficient (Wildman–Crippen LogP) is 2.70. The maximum atomic E-state index is 5.76. The largest absolute Gasteiger partial charge is 0.372 e. The van der Waals surface area contributed by atoms with E-state index in [0.717, 1.165) is 26.1 Å². The fourth-order valence-electron chi connectivity index (χ4n) is 2.34. The quantitative estimate of drug-likeness (QED) is 0.845. The molecule has 2 rings (SSSR count). The Morgan fingerprint density at radius 3 is 2.94 bits per heavy atom. The molecule has 0 aromatic heterocycles. The first-order chi connectivity index (χ1) is 7.66. The summed E-state index contributed by atoms with van der Waals surface area (Å²) in [7, 11) is 0. The Morgan fingerprint density at radius 1 is 1.38 bits per heavy atom. The second kappa shape index (κ2) is 4.98. The number of fused-ring (bicyclic) bond motifs is 1. The summed E-state index contributed by atoms with van der Waals surface area (Å²) < 4.78 is 5.47. The van der Waals surface area contributed by atoms with Crippen molar-refractivity contribution < 1.29 is 4.74 Å². The number of nitrogens with two attached hydrogens (primary N) is 1. The van der Waals surface area contributed by atoms with Gasteiger partial charge in [-0.3, -0.25) is 0 Å². The molecule has 0 radical (unpaired) electrons. The third kappa shape index (κ3) is 2.63. The minimum absolute atomic E-state index is 0.318. The van der Waals surface area contributed by atoms with Crippen LogP contribution < -0.4 is 5.73 Å². The molecule has 0 saturated heterocycles. The minimum atomic E-state index is 0.318. The van der Waals surface area contributed by atoms with Crippen LogP contribution in [0.3, 0.4) is 0 Å². The molecule has 1 aliphatic heterocycles. The molecule has 1 atom stereocenters. The second-order valence-corrected chi connectivity index (χ2v) is 4.91. The lowest BCUT2D eigenvalue weighted by atomic mass is 9.97. The summed E-state index contributed by atoms with van der Waals surface area (Å²) in [6.45, 7) is 5.84. The molecule has 1 aromatic carbocycles. The van der Waals surface area contributed by atoms with Crippen molar-refractivity contribution in [3.05, 3.63) is 34.4 Å². The van der Waals surface area contributed by atoms with Gasteiger partial charge in [0.2, 0.25) is 0 Å². The first-order valence-electron chi connectivity index (χ1n) is 6.11. The number of benzene rings is 1. The molecule has 88 valence electrons. The molecular formula is C14H21NO. The Labute approximate surface area is 97.8 Å². The highest BCUT2D eigenvalue weighted by molar-refractivity contribution is 5.39. The van der Waals surface area contributed by atoms with Crippen LogP contribution in [0.4, 0.5) is 0 Å². The summed E-state index contributed by atoms with van der Waals surface area (Å²) in [5.41, 5.74) is 11.4. The van der Waals surface area contributed by atoms with Gasteiger partial charge in [-0.15, -0.1) is 0 Å². The predicted molar refractivity (Wildman–Crippen MR) is 66.3 cm³/mol. The van der Waals surface area contributed by atoms with Crippen LogP contribution >= 0.6 is 0 Å². The lowest BCUT2D eigenvalue weighted by molar-refractivity contribution is 0.134. The fraction of sp³-hybridized carbons (Fsp3) is 0.571. The van der Waals surface area contributed by atoms with Crippen molar-refractivity contribution in [1.82, 2.24) is 0 Å². The standard InChI is InChI=1S/C14H21NO/c1-10-6-12(5-3-4-11(2)15)7-13-8-16-9-14(10)13/h6-7,11H,3-5,8-9,15H2,1-2H3. The van der Waals surface area contributed by atoms with Gasteiger partial charge in [-0.25, -0.2) is 0 Å². The van der Waals surface area contributed by atoms with Gasteiger partial charge in [-0.2, -0.15) is 0 Å². The summed E-state index contributed by atoms with van der Waals surface area (Å²) >= 11 is 0. The van der Waals surface area contributed by atoms with Crippen LogP contribution in [0.5, 0.6) is 0 Å². The van der Waals surface area contributed by atoms with E-state index in [9.17, 15) is 0 Å². The van der Waals surface area contributed by atoms with Crippen LogP contribution in [-0.2, 0) is 24.4 Å². The molecule has 2 N–H and O–H groups in total. The van der Waals surface area contributed by atoms with Crippen LogP contribution in [0.1, 0.15) is 42.0 Å². The van der Waals surface area contributed by atoms with Crippen LogP contribution in [0.25, 0.3) is 0 Å². The van der Waals surface area contributed by atoms with Gasteiger partial charge >= 0.3 is 0 Å². The van der Waals surface area contributed by atoms with E-state index >= 15 is 0 Å². The van der Waals surface area contributed by atoms with Crippen molar-refractivity contribution >= 4 is 0 Å². The van der Waals surface area contributed by atoms with Gasteiger partial charge in [0, 0.05) is 6.04 Å². The van der Waals surface area contributed by atoms with E-state index in [1.165, 1.54) is 28.7 Å². The van der Waals surface area contributed by atoms with Crippen LogP contribution in [0.2, 0.25) is 0 Å². The minimum Gasteiger partial charge on any atom is -0.372 e. The van der Waals surface area contributed by atoms with Gasteiger partial charge in [0.1, 0.15) is 0 Å².